The zero-order valence-corrected chi connectivity index (χ0v) is 11.7. The smallest absolute Gasteiger partial charge is 0.0612 e. The fraction of sp³-hybridized carbons (Fsp3) is 0.200. The van der Waals surface area contributed by atoms with Crippen LogP contribution in [-0.4, -0.2) is 0 Å². The lowest BCUT2D eigenvalue weighted by molar-refractivity contribution is 1.11. The highest BCUT2D eigenvalue weighted by Crippen LogP contribution is 2.25. The predicted octanol–water partition coefficient (Wildman–Crippen LogP) is 5.17. The van der Waals surface area contributed by atoms with Crippen LogP contribution in [0, 0.1) is 0 Å². The number of nitrogens with one attached hydrogen (secondary N) is 1. The van der Waals surface area contributed by atoms with Crippen molar-refractivity contribution in [3.05, 3.63) is 63.6 Å². The molecule has 0 saturated heterocycles. The molecule has 18 heavy (non-hydrogen) atoms. The van der Waals surface area contributed by atoms with Crippen molar-refractivity contribution in [2.45, 2.75) is 19.9 Å². The number of hydrogen-bond donors (Lipinski definition) is 1. The summed E-state index contributed by atoms with van der Waals surface area (Å²) in [6.45, 7) is 2.94. The van der Waals surface area contributed by atoms with E-state index in [4.69, 9.17) is 23.2 Å². The first kappa shape index (κ1) is 13.3. The fourth-order valence-electron chi connectivity index (χ4n) is 1.70. The van der Waals surface area contributed by atoms with Crippen LogP contribution >= 0.6 is 23.2 Å². The van der Waals surface area contributed by atoms with Gasteiger partial charge in [0, 0.05) is 12.2 Å². The normalized spacial score (nSPS) is 10.4. The van der Waals surface area contributed by atoms with Gasteiger partial charge in [-0.1, -0.05) is 54.4 Å². The van der Waals surface area contributed by atoms with Gasteiger partial charge >= 0.3 is 0 Å². The van der Waals surface area contributed by atoms with Crippen LogP contribution in [0.5, 0.6) is 0 Å². The van der Waals surface area contributed by atoms with E-state index < -0.39 is 0 Å². The van der Waals surface area contributed by atoms with Gasteiger partial charge in [-0.2, -0.15) is 0 Å². The second kappa shape index (κ2) is 6.12. The number of halogens is 2. The number of aryl methyl sites for hydroxylation is 1. The van der Waals surface area contributed by atoms with E-state index in [1.54, 1.807) is 6.07 Å². The Kier molecular flexibility index (Phi) is 4.51. The zero-order valence-electron chi connectivity index (χ0n) is 10.2. The lowest BCUT2D eigenvalue weighted by atomic mass is 10.1. The van der Waals surface area contributed by atoms with E-state index in [9.17, 15) is 0 Å². The molecule has 1 N–H and O–H groups in total. The first-order valence-corrected chi connectivity index (χ1v) is 6.71. The Hall–Kier alpha value is -1.18. The standard InChI is InChI=1S/C15H15Cl2N/c1-2-11-3-5-12(6-4-11)10-18-13-7-8-14(16)15(17)9-13/h3-9,18H,2,10H2,1H3. The van der Waals surface area contributed by atoms with E-state index in [0.717, 1.165) is 18.7 Å². The molecular formula is C15H15Cl2N. The van der Waals surface area contributed by atoms with E-state index >= 15 is 0 Å². The second-order valence-corrected chi connectivity index (χ2v) is 4.97. The molecule has 0 unspecified atom stereocenters. The van der Waals surface area contributed by atoms with Crippen LogP contribution in [0.2, 0.25) is 10.0 Å². The molecule has 2 aromatic carbocycles. The molecule has 0 aromatic heterocycles. The van der Waals surface area contributed by atoms with Crippen LogP contribution in [-0.2, 0) is 13.0 Å². The van der Waals surface area contributed by atoms with Gasteiger partial charge in [0.15, 0.2) is 0 Å². The van der Waals surface area contributed by atoms with Crippen LogP contribution in [0.1, 0.15) is 18.1 Å². The Morgan fingerprint density at radius 3 is 2.17 bits per heavy atom. The molecule has 0 aliphatic rings. The number of rotatable bonds is 4. The van der Waals surface area contributed by atoms with Gasteiger partial charge in [-0.25, -0.2) is 0 Å². The van der Waals surface area contributed by atoms with Gasteiger partial charge in [0.25, 0.3) is 0 Å². The van der Waals surface area contributed by atoms with Gasteiger partial charge in [0.1, 0.15) is 0 Å². The molecule has 1 nitrogen and oxygen atoms in total. The molecular weight excluding hydrogens is 265 g/mol. The Balaban J connectivity index is 1.99. The van der Waals surface area contributed by atoms with Gasteiger partial charge < -0.3 is 5.32 Å². The molecule has 3 heteroatoms. The zero-order chi connectivity index (χ0) is 13.0. The molecule has 2 aromatic rings. The lowest BCUT2D eigenvalue weighted by Gasteiger charge is -2.08. The van der Waals surface area contributed by atoms with Crippen molar-refractivity contribution in [1.29, 1.82) is 0 Å². The van der Waals surface area contributed by atoms with Gasteiger partial charge in [0.2, 0.25) is 0 Å². The molecule has 94 valence electrons. The molecule has 0 bridgehead atoms. The van der Waals surface area contributed by atoms with Crippen LogP contribution in [0.4, 0.5) is 5.69 Å². The summed E-state index contributed by atoms with van der Waals surface area (Å²) in [7, 11) is 0. The quantitative estimate of drug-likeness (QED) is 0.814. The molecule has 0 radical (unpaired) electrons. The van der Waals surface area contributed by atoms with Crippen molar-refractivity contribution in [2.24, 2.45) is 0 Å². The largest absolute Gasteiger partial charge is 0.381 e. The minimum atomic E-state index is 0.572. The molecule has 0 aliphatic carbocycles. The SMILES string of the molecule is CCc1ccc(CNc2ccc(Cl)c(Cl)c2)cc1. The molecule has 0 spiro atoms. The van der Waals surface area contributed by atoms with Crippen LogP contribution in [0.3, 0.4) is 0 Å². The monoisotopic (exact) mass is 279 g/mol. The molecule has 0 heterocycles. The number of benzene rings is 2. The third-order valence-electron chi connectivity index (χ3n) is 2.85. The summed E-state index contributed by atoms with van der Waals surface area (Å²) in [5.74, 6) is 0. The van der Waals surface area contributed by atoms with Crippen molar-refractivity contribution in [1.82, 2.24) is 0 Å². The third-order valence-corrected chi connectivity index (χ3v) is 3.59. The third kappa shape index (κ3) is 3.41. The molecule has 2 rings (SSSR count). The van der Waals surface area contributed by atoms with Gasteiger partial charge in [-0.15, -0.1) is 0 Å². The average Bonchev–Trinajstić information content (AvgIpc) is 2.41. The van der Waals surface area contributed by atoms with E-state index in [-0.39, 0.29) is 0 Å². The molecule has 0 fully saturated rings. The van der Waals surface area contributed by atoms with Crippen LogP contribution in [0.15, 0.2) is 42.5 Å². The minimum absolute atomic E-state index is 0.572. The van der Waals surface area contributed by atoms with E-state index in [0.29, 0.717) is 10.0 Å². The maximum atomic E-state index is 5.96. The van der Waals surface area contributed by atoms with E-state index in [1.165, 1.54) is 11.1 Å². The average molecular weight is 280 g/mol. The maximum Gasteiger partial charge on any atom is 0.0612 e. The first-order chi connectivity index (χ1) is 8.69. The second-order valence-electron chi connectivity index (χ2n) is 4.15. The highest BCUT2D eigenvalue weighted by molar-refractivity contribution is 6.42. The Morgan fingerprint density at radius 1 is 0.889 bits per heavy atom. The lowest BCUT2D eigenvalue weighted by Crippen LogP contribution is -1.99. The number of anilines is 1. The topological polar surface area (TPSA) is 12.0 Å². The molecule has 0 atom stereocenters. The summed E-state index contributed by atoms with van der Waals surface area (Å²) in [5, 5.41) is 4.47. The fourth-order valence-corrected chi connectivity index (χ4v) is 2.00. The summed E-state index contributed by atoms with van der Waals surface area (Å²) < 4.78 is 0. The summed E-state index contributed by atoms with van der Waals surface area (Å²) >= 11 is 11.8. The first-order valence-electron chi connectivity index (χ1n) is 5.96. The van der Waals surface area contributed by atoms with Crippen molar-refractivity contribution < 1.29 is 0 Å². The van der Waals surface area contributed by atoms with Gasteiger partial charge in [-0.05, 0) is 35.7 Å². The van der Waals surface area contributed by atoms with Crippen molar-refractivity contribution in [3.8, 4) is 0 Å². The van der Waals surface area contributed by atoms with E-state index in [2.05, 4.69) is 36.5 Å². The minimum Gasteiger partial charge on any atom is -0.381 e. The maximum absolute atomic E-state index is 5.96. The van der Waals surface area contributed by atoms with E-state index in [1.807, 2.05) is 12.1 Å². The Labute approximate surface area is 118 Å². The van der Waals surface area contributed by atoms with Gasteiger partial charge in [-0.3, -0.25) is 0 Å². The van der Waals surface area contributed by atoms with Crippen LogP contribution in [0.25, 0.3) is 0 Å². The summed E-state index contributed by atoms with van der Waals surface area (Å²) in [6, 6.07) is 14.2. The molecule has 0 saturated carbocycles. The summed E-state index contributed by atoms with van der Waals surface area (Å²) in [6.07, 6.45) is 1.07. The van der Waals surface area contributed by atoms with Crippen molar-refractivity contribution in [2.75, 3.05) is 5.32 Å². The predicted molar refractivity (Wildman–Crippen MR) is 79.6 cm³/mol. The Morgan fingerprint density at radius 2 is 1.56 bits per heavy atom. The van der Waals surface area contributed by atoms with Crippen molar-refractivity contribution >= 4 is 28.9 Å². The van der Waals surface area contributed by atoms with Crippen LogP contribution < -0.4 is 5.32 Å². The summed E-state index contributed by atoms with van der Waals surface area (Å²) in [5.41, 5.74) is 3.58. The highest BCUT2D eigenvalue weighted by Gasteiger charge is 1.99. The number of hydrogen-bond acceptors (Lipinski definition) is 1. The highest BCUT2D eigenvalue weighted by atomic mass is 35.5. The molecule has 0 aliphatic heterocycles. The Bertz CT molecular complexity index is 521. The molecule has 0 amide bonds. The summed E-state index contributed by atoms with van der Waals surface area (Å²) in [4.78, 5) is 0. The van der Waals surface area contributed by atoms with Crippen molar-refractivity contribution in [3.63, 3.8) is 0 Å². The van der Waals surface area contributed by atoms with Gasteiger partial charge in [0.05, 0.1) is 10.0 Å².